The van der Waals surface area contributed by atoms with E-state index in [-0.39, 0.29) is 32.7 Å². The van der Waals surface area contributed by atoms with Gasteiger partial charge in [0.05, 0.1) is 6.26 Å². The van der Waals surface area contributed by atoms with Crippen LogP contribution in [-0.2, 0) is 42.7 Å². The molecule has 2 rings (SSSR count). The number of hydrogen-bond acceptors (Lipinski definition) is 3. The maximum absolute atomic E-state index is 10.6. The molecule has 0 saturated carbocycles. The monoisotopic (exact) mass is 337 g/mol. The van der Waals surface area contributed by atoms with E-state index >= 15 is 0 Å². The molecule has 0 fully saturated rings. The van der Waals surface area contributed by atoms with E-state index in [1.54, 1.807) is 0 Å². The molecule has 0 unspecified atom stereocenters. The van der Waals surface area contributed by atoms with Gasteiger partial charge in [0, 0.05) is 32.7 Å². The van der Waals surface area contributed by atoms with Crippen LogP contribution in [0.1, 0.15) is 0 Å². The molecule has 18 heavy (non-hydrogen) atoms. The summed E-state index contributed by atoms with van der Waals surface area (Å²) in [6.07, 6.45) is 3.99. The number of aromatic nitrogens is 1. The van der Waals surface area contributed by atoms with Crippen molar-refractivity contribution in [1.82, 2.24) is 4.98 Å². The summed E-state index contributed by atoms with van der Waals surface area (Å²) >= 11 is 0. The zero-order valence-corrected chi connectivity index (χ0v) is 13.5. The minimum absolute atomic E-state index is 0. The fourth-order valence-corrected chi connectivity index (χ4v) is 1.43. The summed E-state index contributed by atoms with van der Waals surface area (Å²) in [5.41, 5.74) is 0.356. The number of benzene rings is 1. The van der Waals surface area contributed by atoms with E-state index in [1.165, 1.54) is 18.5 Å². The fraction of sp³-hybridized carbons (Fsp3) is 0.0833. The molecule has 6 heteroatoms. The summed E-state index contributed by atoms with van der Waals surface area (Å²) in [6, 6.07) is 16.7. The zero-order chi connectivity index (χ0) is 12.6. The summed E-state index contributed by atoms with van der Waals surface area (Å²) in [5.74, 6) is 0. The number of nitrogens with one attached hydrogen (secondary N) is 1. The van der Waals surface area contributed by atoms with E-state index in [0.717, 1.165) is 6.26 Å². The fourth-order valence-electron chi connectivity index (χ4n) is 0.922. The van der Waals surface area contributed by atoms with Crippen LogP contribution in [0.3, 0.4) is 0 Å². The minimum Gasteiger partial charge on any atom is -0.389 e. The number of anilines is 1. The van der Waals surface area contributed by atoms with Gasteiger partial charge in [-0.05, 0) is 5.69 Å². The van der Waals surface area contributed by atoms with Crippen LogP contribution in [0.25, 0.3) is 0 Å². The molecule has 4 nitrogen and oxygen atoms in total. The van der Waals surface area contributed by atoms with E-state index in [9.17, 15) is 8.42 Å². The van der Waals surface area contributed by atoms with Gasteiger partial charge in [0.15, 0.2) is 0 Å². The van der Waals surface area contributed by atoms with E-state index in [2.05, 4.69) is 21.8 Å². The van der Waals surface area contributed by atoms with Crippen LogP contribution >= 0.6 is 0 Å². The standard InChI is InChI=1S/C6H7N2O2S.C6H5.Y/c1-11(9,10)8-6-3-2-4-7-5-6;1-2-4-6-5-3-1;/h2,4-5,8H,1H3;1-5H;/q2*-1;. The maximum atomic E-state index is 10.6. The normalized spacial score (nSPS) is 9.39. The molecule has 0 aliphatic rings. The zero-order valence-electron chi connectivity index (χ0n) is 9.87. The molecule has 1 N–H and O–H groups in total. The van der Waals surface area contributed by atoms with Crippen molar-refractivity contribution in [3.05, 3.63) is 60.9 Å². The molecular weight excluding hydrogens is 325 g/mol. The van der Waals surface area contributed by atoms with Gasteiger partial charge < -0.3 is 9.71 Å². The van der Waals surface area contributed by atoms with Crippen molar-refractivity contribution in [2.24, 2.45) is 0 Å². The van der Waals surface area contributed by atoms with Gasteiger partial charge in [0.25, 0.3) is 0 Å². The third kappa shape index (κ3) is 9.27. The van der Waals surface area contributed by atoms with Crippen LogP contribution in [0.5, 0.6) is 0 Å². The van der Waals surface area contributed by atoms with Crippen LogP contribution in [0.4, 0.5) is 5.69 Å². The van der Waals surface area contributed by atoms with Gasteiger partial charge in [-0.3, -0.25) is 0 Å². The number of rotatable bonds is 2. The molecule has 0 saturated heterocycles. The van der Waals surface area contributed by atoms with Crippen molar-refractivity contribution < 1.29 is 41.1 Å². The Kier molecular flexibility index (Phi) is 8.80. The predicted octanol–water partition coefficient (Wildman–Crippen LogP) is 1.74. The topological polar surface area (TPSA) is 59.1 Å². The predicted molar refractivity (Wildman–Crippen MR) is 66.8 cm³/mol. The Bertz CT molecular complexity index is 492. The van der Waals surface area contributed by atoms with Gasteiger partial charge in [-0.25, -0.2) is 8.42 Å². The van der Waals surface area contributed by atoms with Crippen molar-refractivity contribution in [2.75, 3.05) is 11.0 Å². The number of sulfonamides is 1. The molecule has 93 valence electrons. The second-order valence-electron chi connectivity index (χ2n) is 3.10. The van der Waals surface area contributed by atoms with E-state index in [0.29, 0.717) is 5.69 Å². The minimum atomic E-state index is -3.20. The first-order chi connectivity index (χ1) is 8.08. The molecule has 1 aromatic heterocycles. The molecule has 1 aromatic carbocycles. The third-order valence-electron chi connectivity index (χ3n) is 1.51. The quantitative estimate of drug-likeness (QED) is 0.850. The van der Waals surface area contributed by atoms with Crippen LogP contribution in [-0.4, -0.2) is 19.7 Å². The van der Waals surface area contributed by atoms with Gasteiger partial charge in [0.1, 0.15) is 0 Å². The number of hydrogen-bond donors (Lipinski definition) is 1. The molecule has 0 atom stereocenters. The molecule has 2 aromatic rings. The summed E-state index contributed by atoms with van der Waals surface area (Å²) < 4.78 is 23.5. The molecule has 0 aliphatic carbocycles. The van der Waals surface area contributed by atoms with Crippen LogP contribution in [0, 0.1) is 12.1 Å². The average molecular weight is 337 g/mol. The molecular formula is C12H12N2O2SY-2. The van der Waals surface area contributed by atoms with Crippen LogP contribution < -0.4 is 4.72 Å². The summed E-state index contributed by atoms with van der Waals surface area (Å²) in [5, 5.41) is 0. The Hall–Kier alpha value is -0.776. The van der Waals surface area contributed by atoms with Crippen LogP contribution in [0.15, 0.2) is 48.8 Å². The Morgan fingerprint density at radius 3 is 2.17 bits per heavy atom. The average Bonchev–Trinajstić information content (AvgIpc) is 2.31. The maximum Gasteiger partial charge on any atom is 0.228 e. The largest absolute Gasteiger partial charge is 0.389 e. The number of pyridine rings is 1. The van der Waals surface area contributed by atoms with Crippen LogP contribution in [0.2, 0.25) is 0 Å². The smallest absolute Gasteiger partial charge is 0.228 e. The first-order valence-electron chi connectivity index (χ1n) is 4.78. The van der Waals surface area contributed by atoms with Gasteiger partial charge in [-0.1, -0.05) is 12.4 Å². The molecule has 0 spiro atoms. The van der Waals surface area contributed by atoms with Crippen molar-refractivity contribution >= 4 is 15.7 Å². The molecule has 0 aliphatic heterocycles. The third-order valence-corrected chi connectivity index (χ3v) is 2.10. The van der Waals surface area contributed by atoms with Gasteiger partial charge in [-0.2, -0.15) is 48.5 Å². The summed E-state index contributed by atoms with van der Waals surface area (Å²) in [4.78, 5) is 3.71. The van der Waals surface area contributed by atoms with Crippen molar-refractivity contribution in [2.45, 2.75) is 0 Å². The van der Waals surface area contributed by atoms with Gasteiger partial charge in [0.2, 0.25) is 10.0 Å². The van der Waals surface area contributed by atoms with Crippen molar-refractivity contribution in [1.29, 1.82) is 0 Å². The van der Waals surface area contributed by atoms with Gasteiger partial charge in [-0.15, -0.1) is 0 Å². The number of nitrogens with zero attached hydrogens (tertiary/aromatic N) is 1. The molecule has 1 radical (unpaired) electrons. The van der Waals surface area contributed by atoms with Crippen molar-refractivity contribution in [3.63, 3.8) is 0 Å². The second kappa shape index (κ2) is 9.19. The van der Waals surface area contributed by atoms with E-state index in [1.807, 2.05) is 30.3 Å². The Morgan fingerprint density at radius 1 is 1.17 bits per heavy atom. The Labute approximate surface area is 133 Å². The van der Waals surface area contributed by atoms with Crippen molar-refractivity contribution in [3.8, 4) is 0 Å². The summed E-state index contributed by atoms with van der Waals surface area (Å²) in [6.45, 7) is 0. The van der Waals surface area contributed by atoms with Gasteiger partial charge >= 0.3 is 0 Å². The Morgan fingerprint density at radius 2 is 1.83 bits per heavy atom. The SMILES string of the molecule is CS(=O)(=O)Nc1[c-]ccnc1.[Y].[c-]1ccccc1. The Balaban J connectivity index is 0.000000352. The first-order valence-corrected chi connectivity index (χ1v) is 6.67. The first kappa shape index (κ1) is 17.2. The van der Waals surface area contributed by atoms with E-state index < -0.39 is 10.0 Å². The van der Waals surface area contributed by atoms with E-state index in [4.69, 9.17) is 0 Å². The summed E-state index contributed by atoms with van der Waals surface area (Å²) in [7, 11) is -3.20. The molecule has 1 heterocycles. The molecule has 0 amide bonds. The second-order valence-corrected chi connectivity index (χ2v) is 4.85. The molecule has 0 bridgehead atoms.